The molecule has 0 heterocycles. The molecule has 0 aromatic heterocycles. The van der Waals surface area contributed by atoms with Gasteiger partial charge in [0, 0.05) is 18.6 Å². The van der Waals surface area contributed by atoms with E-state index in [1.165, 1.54) is 19.3 Å². The van der Waals surface area contributed by atoms with Gasteiger partial charge in [-0.2, -0.15) is 0 Å². The van der Waals surface area contributed by atoms with Gasteiger partial charge in [0.1, 0.15) is 0 Å². The average molecular weight is 227 g/mol. The highest BCUT2D eigenvalue weighted by molar-refractivity contribution is 4.85. The molecule has 3 heteroatoms. The summed E-state index contributed by atoms with van der Waals surface area (Å²) < 4.78 is 0. The summed E-state index contributed by atoms with van der Waals surface area (Å²) in [6.45, 7) is 6.51. The topological polar surface area (TPSA) is 41.3 Å². The molecule has 3 N–H and O–H groups in total. The average Bonchev–Trinajstić information content (AvgIpc) is 2.64. The van der Waals surface area contributed by atoms with Crippen LogP contribution in [0.25, 0.3) is 0 Å². The summed E-state index contributed by atoms with van der Waals surface area (Å²) in [6, 6.07) is 1.28. The zero-order valence-electron chi connectivity index (χ0n) is 11.4. The van der Waals surface area contributed by atoms with Crippen LogP contribution in [0.15, 0.2) is 0 Å². The second-order valence-electron chi connectivity index (χ2n) is 5.72. The van der Waals surface area contributed by atoms with E-state index in [1.54, 1.807) is 0 Å². The Bertz CT molecular complexity index is 184. The van der Waals surface area contributed by atoms with Crippen LogP contribution in [0, 0.1) is 11.8 Å². The highest BCUT2D eigenvalue weighted by Gasteiger charge is 2.26. The normalized spacial score (nSPS) is 27.9. The van der Waals surface area contributed by atoms with Crippen LogP contribution in [0.2, 0.25) is 0 Å². The lowest BCUT2D eigenvalue weighted by atomic mass is 10.0. The SMILES string of the molecule is CC(C)C(CNC1CCCC1CN)N(C)C. The lowest BCUT2D eigenvalue weighted by Crippen LogP contribution is -2.46. The molecule has 0 aromatic rings. The van der Waals surface area contributed by atoms with Crippen molar-refractivity contribution in [1.82, 2.24) is 10.2 Å². The predicted octanol–water partition coefficient (Wildman–Crippen LogP) is 1.29. The van der Waals surface area contributed by atoms with E-state index in [1.807, 2.05) is 0 Å². The van der Waals surface area contributed by atoms with Gasteiger partial charge in [-0.05, 0) is 45.3 Å². The molecule has 3 unspecified atom stereocenters. The van der Waals surface area contributed by atoms with Crippen LogP contribution in [-0.4, -0.2) is 44.2 Å². The third-order valence-corrected chi connectivity index (χ3v) is 3.98. The van der Waals surface area contributed by atoms with E-state index in [0.29, 0.717) is 23.9 Å². The largest absolute Gasteiger partial charge is 0.330 e. The number of nitrogens with two attached hydrogens (primary N) is 1. The van der Waals surface area contributed by atoms with Crippen molar-refractivity contribution < 1.29 is 0 Å². The van der Waals surface area contributed by atoms with Crippen molar-refractivity contribution in [3.05, 3.63) is 0 Å². The maximum absolute atomic E-state index is 5.80. The Morgan fingerprint density at radius 2 is 2.00 bits per heavy atom. The quantitative estimate of drug-likeness (QED) is 0.718. The van der Waals surface area contributed by atoms with Crippen LogP contribution < -0.4 is 11.1 Å². The maximum Gasteiger partial charge on any atom is 0.0237 e. The minimum atomic E-state index is 0.624. The van der Waals surface area contributed by atoms with Crippen molar-refractivity contribution in [2.24, 2.45) is 17.6 Å². The molecule has 0 aromatic carbocycles. The zero-order chi connectivity index (χ0) is 12.1. The summed E-state index contributed by atoms with van der Waals surface area (Å²) in [4.78, 5) is 2.32. The van der Waals surface area contributed by atoms with Gasteiger partial charge < -0.3 is 16.0 Å². The highest BCUT2D eigenvalue weighted by Crippen LogP contribution is 2.24. The second kappa shape index (κ2) is 6.58. The minimum absolute atomic E-state index is 0.624. The van der Waals surface area contributed by atoms with Crippen molar-refractivity contribution in [1.29, 1.82) is 0 Å². The molecule has 96 valence electrons. The Balaban J connectivity index is 2.36. The fraction of sp³-hybridized carbons (Fsp3) is 1.00. The van der Waals surface area contributed by atoms with Crippen LogP contribution in [0.3, 0.4) is 0 Å². The Hall–Kier alpha value is -0.120. The number of nitrogens with one attached hydrogen (secondary N) is 1. The maximum atomic E-state index is 5.80. The molecular formula is C13H29N3. The van der Waals surface area contributed by atoms with Gasteiger partial charge in [0.05, 0.1) is 0 Å². The van der Waals surface area contributed by atoms with E-state index in [9.17, 15) is 0 Å². The molecule has 0 bridgehead atoms. The summed E-state index contributed by atoms with van der Waals surface area (Å²) in [5.41, 5.74) is 5.80. The van der Waals surface area contributed by atoms with Gasteiger partial charge in [-0.15, -0.1) is 0 Å². The molecule has 0 aliphatic heterocycles. The Morgan fingerprint density at radius 3 is 2.50 bits per heavy atom. The van der Waals surface area contributed by atoms with E-state index >= 15 is 0 Å². The number of rotatable bonds is 6. The van der Waals surface area contributed by atoms with Crippen LogP contribution >= 0.6 is 0 Å². The van der Waals surface area contributed by atoms with Crippen LogP contribution in [0.4, 0.5) is 0 Å². The van der Waals surface area contributed by atoms with Crippen molar-refractivity contribution in [3.63, 3.8) is 0 Å². The molecule has 1 aliphatic rings. The Kier molecular flexibility index (Phi) is 5.73. The van der Waals surface area contributed by atoms with Gasteiger partial charge in [0.25, 0.3) is 0 Å². The smallest absolute Gasteiger partial charge is 0.0237 e. The number of hydrogen-bond acceptors (Lipinski definition) is 3. The molecule has 3 atom stereocenters. The predicted molar refractivity (Wildman–Crippen MR) is 70.5 cm³/mol. The molecule has 1 fully saturated rings. The fourth-order valence-electron chi connectivity index (χ4n) is 2.87. The molecule has 0 radical (unpaired) electrons. The van der Waals surface area contributed by atoms with Crippen LogP contribution in [-0.2, 0) is 0 Å². The molecule has 1 aliphatic carbocycles. The van der Waals surface area contributed by atoms with Gasteiger partial charge in [0.2, 0.25) is 0 Å². The fourth-order valence-corrected chi connectivity index (χ4v) is 2.87. The van der Waals surface area contributed by atoms with E-state index in [0.717, 1.165) is 13.1 Å². The third kappa shape index (κ3) is 3.72. The first-order chi connectivity index (χ1) is 7.56. The van der Waals surface area contributed by atoms with Gasteiger partial charge in [-0.3, -0.25) is 0 Å². The van der Waals surface area contributed by atoms with Gasteiger partial charge in [0.15, 0.2) is 0 Å². The lowest BCUT2D eigenvalue weighted by molar-refractivity contribution is 0.213. The molecular weight excluding hydrogens is 198 g/mol. The molecule has 1 saturated carbocycles. The van der Waals surface area contributed by atoms with E-state index in [2.05, 4.69) is 38.2 Å². The summed E-state index contributed by atoms with van der Waals surface area (Å²) in [5, 5.41) is 3.72. The first-order valence-corrected chi connectivity index (χ1v) is 6.66. The standard InChI is InChI=1S/C13H29N3/c1-10(2)13(16(3)4)9-15-12-7-5-6-11(12)8-14/h10-13,15H,5-9,14H2,1-4H3. The van der Waals surface area contributed by atoms with Crippen molar-refractivity contribution >= 4 is 0 Å². The Morgan fingerprint density at radius 1 is 1.31 bits per heavy atom. The van der Waals surface area contributed by atoms with Crippen LogP contribution in [0.5, 0.6) is 0 Å². The first-order valence-electron chi connectivity index (χ1n) is 6.66. The summed E-state index contributed by atoms with van der Waals surface area (Å²) in [7, 11) is 4.34. The van der Waals surface area contributed by atoms with Gasteiger partial charge >= 0.3 is 0 Å². The molecule has 3 nitrogen and oxygen atoms in total. The number of nitrogens with zero attached hydrogens (tertiary/aromatic N) is 1. The van der Waals surface area contributed by atoms with E-state index < -0.39 is 0 Å². The Labute approximate surface area is 101 Å². The van der Waals surface area contributed by atoms with Gasteiger partial charge in [-0.25, -0.2) is 0 Å². The minimum Gasteiger partial charge on any atom is -0.330 e. The molecule has 1 rings (SSSR count). The first kappa shape index (κ1) is 13.9. The molecule has 16 heavy (non-hydrogen) atoms. The van der Waals surface area contributed by atoms with Gasteiger partial charge in [-0.1, -0.05) is 20.3 Å². The second-order valence-corrected chi connectivity index (χ2v) is 5.72. The molecule has 0 saturated heterocycles. The summed E-state index contributed by atoms with van der Waals surface area (Å²) in [6.07, 6.45) is 3.95. The number of likely N-dealkylation sites (N-methyl/N-ethyl adjacent to an activating group) is 1. The third-order valence-electron chi connectivity index (χ3n) is 3.98. The van der Waals surface area contributed by atoms with Crippen molar-refractivity contribution in [3.8, 4) is 0 Å². The van der Waals surface area contributed by atoms with E-state index in [4.69, 9.17) is 5.73 Å². The van der Waals surface area contributed by atoms with Crippen LogP contribution in [0.1, 0.15) is 33.1 Å². The summed E-state index contributed by atoms with van der Waals surface area (Å²) >= 11 is 0. The lowest BCUT2D eigenvalue weighted by Gasteiger charge is -2.30. The molecule has 0 spiro atoms. The zero-order valence-corrected chi connectivity index (χ0v) is 11.4. The number of hydrogen-bond donors (Lipinski definition) is 2. The highest BCUT2D eigenvalue weighted by atomic mass is 15.1. The monoisotopic (exact) mass is 227 g/mol. The molecule has 0 amide bonds. The van der Waals surface area contributed by atoms with Crippen molar-refractivity contribution in [2.75, 3.05) is 27.2 Å². The van der Waals surface area contributed by atoms with E-state index in [-0.39, 0.29) is 0 Å². The summed E-state index contributed by atoms with van der Waals surface area (Å²) in [5.74, 6) is 1.40. The van der Waals surface area contributed by atoms with Crippen molar-refractivity contribution in [2.45, 2.75) is 45.2 Å².